The summed E-state index contributed by atoms with van der Waals surface area (Å²) in [7, 11) is 3.42. The van der Waals surface area contributed by atoms with E-state index in [-0.39, 0.29) is 29.9 Å². The van der Waals surface area contributed by atoms with Gasteiger partial charge in [0.15, 0.2) is 0 Å². The number of aromatic nitrogens is 8. The lowest BCUT2D eigenvalue weighted by molar-refractivity contribution is 0.00578. The van der Waals surface area contributed by atoms with E-state index >= 15 is 0 Å². The van der Waals surface area contributed by atoms with Crippen molar-refractivity contribution in [3.05, 3.63) is 89.4 Å². The molecule has 7 rings (SSSR count). The van der Waals surface area contributed by atoms with Gasteiger partial charge in [-0.1, -0.05) is 15.9 Å². The van der Waals surface area contributed by atoms with Crippen molar-refractivity contribution in [3.63, 3.8) is 0 Å². The largest absolute Gasteiger partial charge is 0.498 e. The van der Waals surface area contributed by atoms with Crippen LogP contribution in [-0.2, 0) is 28.1 Å². The van der Waals surface area contributed by atoms with E-state index in [1.54, 1.807) is 56.2 Å². The molecular weight excluding hydrogens is 683 g/mol. The average Bonchev–Trinajstić information content (AvgIpc) is 3.85. The highest BCUT2D eigenvalue weighted by Crippen LogP contribution is 2.36. The number of hydrogen-bond donors (Lipinski definition) is 1. The number of ether oxygens (including phenoxy) is 1. The molecule has 1 N–H and O–H groups in total. The zero-order chi connectivity index (χ0) is 34.8. The molecule has 250 valence electrons. The molecule has 1 saturated heterocycles. The molecule has 1 fully saturated rings. The third kappa shape index (κ3) is 7.35. The minimum atomic E-state index is -0.978. The number of pyridine rings is 2. The van der Waals surface area contributed by atoms with Gasteiger partial charge in [-0.05, 0) is 64.4 Å². The number of carbonyl (C=O) groups is 2. The number of carboxylic acid groups (broad SMARTS) is 1. The first kappa shape index (κ1) is 34.5. The highest BCUT2D eigenvalue weighted by molar-refractivity contribution is 9.10. The summed E-state index contributed by atoms with van der Waals surface area (Å²) < 4.78 is 24.2. The summed E-state index contributed by atoms with van der Waals surface area (Å²) in [5, 5.41) is 25.3. The molecule has 16 heteroatoms. The van der Waals surface area contributed by atoms with E-state index < -0.39 is 5.97 Å². The van der Waals surface area contributed by atoms with Gasteiger partial charge in [0.1, 0.15) is 11.1 Å². The lowest BCUT2D eigenvalue weighted by atomic mass is 9.82. The maximum Gasteiger partial charge on any atom is 0.498 e. The zero-order valence-corrected chi connectivity index (χ0v) is 29.2. The van der Waals surface area contributed by atoms with Gasteiger partial charge in [0, 0.05) is 60.6 Å². The summed E-state index contributed by atoms with van der Waals surface area (Å²) in [4.78, 5) is 22.6. The molecule has 1 aliphatic heterocycles. The lowest BCUT2D eigenvalue weighted by Crippen LogP contribution is -2.41. The van der Waals surface area contributed by atoms with Crippen molar-refractivity contribution in [2.45, 2.75) is 45.8 Å². The van der Waals surface area contributed by atoms with Crippen LogP contribution in [0, 0.1) is 0 Å². The zero-order valence-electron chi connectivity index (χ0n) is 27.7. The third-order valence-corrected chi connectivity index (χ3v) is 8.51. The number of carboxylic acids is 1. The highest BCUT2D eigenvalue weighted by atomic mass is 79.9. The first-order valence-corrected chi connectivity index (χ1v) is 15.8. The molecule has 1 aliphatic rings. The first-order valence-electron chi connectivity index (χ1n) is 15.0. The van der Waals surface area contributed by atoms with Crippen LogP contribution in [0.2, 0.25) is 0 Å². The number of hydrogen-bond acceptors (Lipinski definition) is 9. The Hall–Kier alpha value is -4.80. The maximum absolute atomic E-state index is 11.5. The summed E-state index contributed by atoms with van der Waals surface area (Å²) in [5.41, 5.74) is 4.25. The van der Waals surface area contributed by atoms with Crippen LogP contribution in [0.4, 0.5) is 0 Å². The van der Waals surface area contributed by atoms with Gasteiger partial charge in [0.05, 0.1) is 47.4 Å². The molecule has 0 atom stereocenters. The quantitative estimate of drug-likeness (QED) is 0.200. The highest BCUT2D eigenvalue weighted by Gasteiger charge is 2.52. The van der Waals surface area contributed by atoms with Crippen molar-refractivity contribution in [2.75, 3.05) is 6.61 Å². The van der Waals surface area contributed by atoms with E-state index in [0.29, 0.717) is 17.7 Å². The molecule has 0 saturated carbocycles. The molecule has 6 aromatic rings. The van der Waals surface area contributed by atoms with Crippen LogP contribution in [0.3, 0.4) is 0 Å². The SMILES string of the molecule is CCOC(=O)c1cnn2ccc(Br)cc12.Cn1cc(-c2ccn3ncc(C(=O)O)c3c2)cn1.Cn1cc(B2OC(C)(C)C(C)(C)O2)cn1. The minimum Gasteiger partial charge on any atom is -0.478 e. The predicted octanol–water partition coefficient (Wildman–Crippen LogP) is 4.43. The predicted molar refractivity (Wildman–Crippen MR) is 182 cm³/mol. The van der Waals surface area contributed by atoms with Crippen molar-refractivity contribution < 1.29 is 28.7 Å². The van der Waals surface area contributed by atoms with Crippen molar-refractivity contribution in [1.82, 2.24) is 38.8 Å². The van der Waals surface area contributed by atoms with E-state index in [2.05, 4.69) is 36.3 Å². The fourth-order valence-electron chi connectivity index (χ4n) is 4.76. The second-order valence-electron chi connectivity index (χ2n) is 12.0. The number of halogens is 1. The Bertz CT molecular complexity index is 2060. The van der Waals surface area contributed by atoms with Gasteiger partial charge in [-0.3, -0.25) is 9.36 Å². The Morgan fingerprint density at radius 3 is 1.98 bits per heavy atom. The molecule has 0 radical (unpaired) electrons. The number of esters is 1. The van der Waals surface area contributed by atoms with Gasteiger partial charge in [-0.25, -0.2) is 18.6 Å². The van der Waals surface area contributed by atoms with Gasteiger partial charge in [0.2, 0.25) is 0 Å². The van der Waals surface area contributed by atoms with E-state index in [9.17, 15) is 9.59 Å². The molecule has 0 bridgehead atoms. The molecule has 0 spiro atoms. The fraction of sp³-hybridized carbons (Fsp3) is 0.312. The molecule has 0 amide bonds. The standard InChI is InChI=1S/C12H10N4O2.C10H17BN2O2.C10H9BrN2O2/c1-15-7-9(5-13-15)8-2-3-16-11(4-8)10(6-14-16)12(17)18;1-9(2)10(3,4)15-11(14-9)8-6-12-13(5)7-8;1-2-15-10(14)8-6-12-13-4-3-7(11)5-9(8)13/h2-7H,1H3,(H,17,18);6-7H,1-5H3;3-6H,2H2,1H3. The summed E-state index contributed by atoms with van der Waals surface area (Å²) >= 11 is 3.35. The molecular formula is C32H36BBrN8O6. The summed E-state index contributed by atoms with van der Waals surface area (Å²) in [6.45, 7) is 10.3. The second kappa shape index (κ2) is 13.7. The van der Waals surface area contributed by atoms with E-state index in [1.165, 1.54) is 12.4 Å². The fourth-order valence-corrected chi connectivity index (χ4v) is 5.09. The van der Waals surface area contributed by atoms with Gasteiger partial charge in [-0.2, -0.15) is 20.4 Å². The third-order valence-electron chi connectivity index (χ3n) is 8.02. The monoisotopic (exact) mass is 718 g/mol. The molecule has 48 heavy (non-hydrogen) atoms. The van der Waals surface area contributed by atoms with E-state index in [4.69, 9.17) is 19.2 Å². The number of rotatable bonds is 5. The second-order valence-corrected chi connectivity index (χ2v) is 12.9. The summed E-state index contributed by atoms with van der Waals surface area (Å²) in [6, 6.07) is 7.37. The molecule has 0 aliphatic carbocycles. The number of nitrogens with zero attached hydrogens (tertiary/aromatic N) is 8. The number of fused-ring (bicyclic) bond motifs is 2. The van der Waals surface area contributed by atoms with Crippen molar-refractivity contribution >= 4 is 51.5 Å². The molecule has 0 aromatic carbocycles. The van der Waals surface area contributed by atoms with Crippen LogP contribution in [0.15, 0.2) is 78.3 Å². The Balaban J connectivity index is 0.000000142. The Labute approximate surface area is 285 Å². The van der Waals surface area contributed by atoms with Crippen molar-refractivity contribution in [3.8, 4) is 11.1 Å². The van der Waals surface area contributed by atoms with Crippen molar-refractivity contribution in [1.29, 1.82) is 0 Å². The minimum absolute atomic E-state index is 0.195. The van der Waals surface area contributed by atoms with Gasteiger partial charge >= 0.3 is 19.1 Å². The van der Waals surface area contributed by atoms with Gasteiger partial charge < -0.3 is 19.2 Å². The maximum atomic E-state index is 11.5. The normalized spacial score (nSPS) is 14.7. The molecule has 0 unspecified atom stereocenters. The van der Waals surface area contributed by atoms with Crippen LogP contribution in [-0.4, -0.2) is 80.8 Å². The van der Waals surface area contributed by atoms with Crippen LogP contribution in [0.25, 0.3) is 22.2 Å². The Kier molecular flexibility index (Phi) is 9.89. The topological polar surface area (TPSA) is 152 Å². The molecule has 7 heterocycles. The molecule has 14 nitrogen and oxygen atoms in total. The van der Waals surface area contributed by atoms with Crippen LogP contribution in [0.5, 0.6) is 0 Å². The Morgan fingerprint density at radius 1 is 0.833 bits per heavy atom. The van der Waals surface area contributed by atoms with Crippen LogP contribution >= 0.6 is 15.9 Å². The Morgan fingerprint density at radius 2 is 1.42 bits per heavy atom. The average molecular weight is 719 g/mol. The summed E-state index contributed by atoms with van der Waals surface area (Å²) in [6.07, 6.45) is 13.7. The number of aromatic carboxylic acids is 1. The summed E-state index contributed by atoms with van der Waals surface area (Å²) in [5.74, 6) is -1.32. The molecule has 6 aromatic heterocycles. The van der Waals surface area contributed by atoms with Crippen molar-refractivity contribution in [2.24, 2.45) is 14.1 Å². The first-order chi connectivity index (χ1) is 22.7. The smallest absolute Gasteiger partial charge is 0.478 e. The van der Waals surface area contributed by atoms with E-state index in [0.717, 1.165) is 26.6 Å². The van der Waals surface area contributed by atoms with Crippen LogP contribution in [0.1, 0.15) is 55.3 Å². The number of aryl methyl sites for hydroxylation is 2. The van der Waals surface area contributed by atoms with Crippen LogP contribution < -0.4 is 5.46 Å². The van der Waals surface area contributed by atoms with E-state index in [1.807, 2.05) is 72.4 Å². The lowest BCUT2D eigenvalue weighted by Gasteiger charge is -2.32. The van der Waals surface area contributed by atoms with Gasteiger partial charge in [-0.15, -0.1) is 0 Å². The van der Waals surface area contributed by atoms with Gasteiger partial charge in [0.25, 0.3) is 0 Å². The number of carbonyl (C=O) groups excluding carboxylic acids is 1.